The summed E-state index contributed by atoms with van der Waals surface area (Å²) in [7, 11) is -3.87. The highest BCUT2D eigenvalue weighted by Gasteiger charge is 2.38. The van der Waals surface area contributed by atoms with Crippen molar-refractivity contribution in [3.8, 4) is 0 Å². The number of aromatic amines is 1. The first-order valence-electron chi connectivity index (χ1n) is 6.53. The smallest absolute Gasteiger partial charge is 0.247 e. The molecule has 116 valence electrons. The van der Waals surface area contributed by atoms with E-state index >= 15 is 0 Å². The summed E-state index contributed by atoms with van der Waals surface area (Å²) < 4.78 is 31.5. The van der Waals surface area contributed by atoms with Gasteiger partial charge in [0.2, 0.25) is 21.5 Å². The number of nitrogens with one attached hydrogen (secondary N) is 2. The zero-order chi connectivity index (χ0) is 15.5. The molecule has 2 heterocycles. The number of hydrogen-bond acceptors (Lipinski definition) is 5. The van der Waals surface area contributed by atoms with Crippen LogP contribution >= 0.6 is 0 Å². The van der Waals surface area contributed by atoms with E-state index in [1.165, 1.54) is 6.07 Å². The van der Waals surface area contributed by atoms with E-state index in [0.29, 0.717) is 6.54 Å². The quantitative estimate of drug-likeness (QED) is 0.733. The van der Waals surface area contributed by atoms with Crippen molar-refractivity contribution >= 4 is 15.9 Å². The first-order chi connectivity index (χ1) is 9.96. The Balaban J connectivity index is 2.33. The van der Waals surface area contributed by atoms with Gasteiger partial charge in [-0.05, 0) is 13.0 Å². The molecule has 1 aliphatic rings. The second-order valence-corrected chi connectivity index (χ2v) is 6.38. The predicted molar refractivity (Wildman–Crippen MR) is 74.2 cm³/mol. The normalized spacial score (nSPS) is 20.1. The van der Waals surface area contributed by atoms with Gasteiger partial charge in [-0.2, -0.15) is 4.31 Å². The fraction of sp³-hybridized carbons (Fsp3) is 0.500. The molecule has 1 amide bonds. The summed E-state index contributed by atoms with van der Waals surface area (Å²) in [6.45, 7) is 2.47. The molecule has 1 saturated heterocycles. The number of carbonyl (C=O) groups is 1. The van der Waals surface area contributed by atoms with Gasteiger partial charge in [0.25, 0.3) is 0 Å². The minimum absolute atomic E-state index is 0.00835. The zero-order valence-corrected chi connectivity index (χ0v) is 12.4. The molecular weight excluding hydrogens is 298 g/mol. The van der Waals surface area contributed by atoms with E-state index < -0.39 is 27.5 Å². The standard InChI is InChI=1S/C12H17N3O5S/c1-2-13-12(17)10-8-20-6-5-15(10)21(18,19)9-3-4-11(16)14-7-9/h3-4,7,10H,2,5-6,8H2,1H3,(H,13,17)(H,14,16). The van der Waals surface area contributed by atoms with Crippen molar-refractivity contribution in [2.45, 2.75) is 17.9 Å². The minimum atomic E-state index is -3.87. The summed E-state index contributed by atoms with van der Waals surface area (Å²) in [4.78, 5) is 25.3. The fourth-order valence-electron chi connectivity index (χ4n) is 2.07. The van der Waals surface area contributed by atoms with Gasteiger partial charge in [0, 0.05) is 25.4 Å². The number of pyridine rings is 1. The van der Waals surface area contributed by atoms with Gasteiger partial charge in [0.1, 0.15) is 6.04 Å². The molecule has 21 heavy (non-hydrogen) atoms. The molecule has 1 unspecified atom stereocenters. The van der Waals surface area contributed by atoms with Gasteiger partial charge < -0.3 is 15.0 Å². The SMILES string of the molecule is CCNC(=O)C1COCCN1S(=O)(=O)c1ccc(=O)[nH]c1. The van der Waals surface area contributed by atoms with Crippen molar-refractivity contribution in [1.82, 2.24) is 14.6 Å². The maximum atomic E-state index is 12.6. The van der Waals surface area contributed by atoms with E-state index in [1.54, 1.807) is 6.92 Å². The predicted octanol–water partition coefficient (Wildman–Crippen LogP) is -1.10. The van der Waals surface area contributed by atoms with Crippen LogP contribution in [0.15, 0.2) is 28.0 Å². The fourth-order valence-corrected chi connectivity index (χ4v) is 3.59. The zero-order valence-electron chi connectivity index (χ0n) is 11.5. The lowest BCUT2D eigenvalue weighted by molar-refractivity contribution is -0.129. The molecule has 0 radical (unpaired) electrons. The lowest BCUT2D eigenvalue weighted by atomic mass is 10.2. The van der Waals surface area contributed by atoms with Crippen LogP contribution in [0.25, 0.3) is 0 Å². The molecule has 9 heteroatoms. The number of nitrogens with zero attached hydrogens (tertiary/aromatic N) is 1. The lowest BCUT2D eigenvalue weighted by Crippen LogP contribution is -2.55. The van der Waals surface area contributed by atoms with E-state index in [9.17, 15) is 18.0 Å². The molecule has 1 atom stereocenters. The monoisotopic (exact) mass is 315 g/mol. The molecule has 1 aromatic rings. The van der Waals surface area contributed by atoms with Crippen LogP contribution in [0.2, 0.25) is 0 Å². The topological polar surface area (TPSA) is 109 Å². The molecule has 0 saturated carbocycles. The third kappa shape index (κ3) is 3.31. The van der Waals surface area contributed by atoms with E-state index in [0.717, 1.165) is 16.6 Å². The van der Waals surface area contributed by atoms with Crippen LogP contribution < -0.4 is 10.9 Å². The second-order valence-electron chi connectivity index (χ2n) is 4.49. The molecule has 1 fully saturated rings. The van der Waals surface area contributed by atoms with E-state index in [4.69, 9.17) is 4.74 Å². The Labute approximate surface area is 122 Å². The second kappa shape index (κ2) is 6.37. The minimum Gasteiger partial charge on any atom is -0.378 e. The third-order valence-corrected chi connectivity index (χ3v) is 5.00. The Bertz CT molecular complexity index is 649. The largest absolute Gasteiger partial charge is 0.378 e. The lowest BCUT2D eigenvalue weighted by Gasteiger charge is -2.33. The summed E-state index contributed by atoms with van der Waals surface area (Å²) >= 11 is 0. The van der Waals surface area contributed by atoms with Crippen molar-refractivity contribution in [1.29, 1.82) is 0 Å². The van der Waals surface area contributed by atoms with Gasteiger partial charge in [0.15, 0.2) is 0 Å². The Morgan fingerprint density at radius 3 is 2.90 bits per heavy atom. The number of sulfonamides is 1. The molecule has 0 spiro atoms. The van der Waals surface area contributed by atoms with Crippen LogP contribution in [0, 0.1) is 0 Å². The number of amides is 1. The number of rotatable bonds is 4. The van der Waals surface area contributed by atoms with Gasteiger partial charge in [-0.25, -0.2) is 8.42 Å². The number of aromatic nitrogens is 1. The summed E-state index contributed by atoms with van der Waals surface area (Å²) in [5.74, 6) is -0.398. The van der Waals surface area contributed by atoms with Crippen molar-refractivity contribution in [2.75, 3.05) is 26.3 Å². The molecular formula is C12H17N3O5S. The van der Waals surface area contributed by atoms with Crippen LogP contribution in [0.4, 0.5) is 0 Å². The Hall–Kier alpha value is -1.71. The van der Waals surface area contributed by atoms with Crippen LogP contribution in [0.1, 0.15) is 6.92 Å². The number of H-pyrrole nitrogens is 1. The molecule has 1 aromatic heterocycles. The molecule has 8 nitrogen and oxygen atoms in total. The molecule has 0 aliphatic carbocycles. The van der Waals surface area contributed by atoms with Crippen LogP contribution in [0.3, 0.4) is 0 Å². The van der Waals surface area contributed by atoms with Crippen LogP contribution in [-0.2, 0) is 19.6 Å². The average molecular weight is 315 g/mol. The first kappa shape index (κ1) is 15.7. The summed E-state index contributed by atoms with van der Waals surface area (Å²) in [6.07, 6.45) is 1.13. The summed E-state index contributed by atoms with van der Waals surface area (Å²) in [5.41, 5.74) is -0.392. The van der Waals surface area contributed by atoms with Gasteiger partial charge >= 0.3 is 0 Å². The van der Waals surface area contributed by atoms with E-state index in [2.05, 4.69) is 10.3 Å². The Morgan fingerprint density at radius 1 is 1.52 bits per heavy atom. The van der Waals surface area contributed by atoms with Gasteiger partial charge in [-0.1, -0.05) is 0 Å². The van der Waals surface area contributed by atoms with Gasteiger partial charge in [-0.3, -0.25) is 9.59 Å². The molecule has 2 rings (SSSR count). The van der Waals surface area contributed by atoms with Crippen molar-refractivity contribution < 1.29 is 17.9 Å². The van der Waals surface area contributed by atoms with Crippen molar-refractivity contribution in [3.63, 3.8) is 0 Å². The first-order valence-corrected chi connectivity index (χ1v) is 7.97. The third-order valence-electron chi connectivity index (χ3n) is 3.10. The van der Waals surface area contributed by atoms with Crippen LogP contribution in [-0.4, -0.2) is 56.0 Å². The number of likely N-dealkylation sites (N-methyl/N-ethyl adjacent to an activating group) is 1. The Kier molecular flexibility index (Phi) is 4.76. The van der Waals surface area contributed by atoms with Crippen LogP contribution in [0.5, 0.6) is 0 Å². The van der Waals surface area contributed by atoms with Gasteiger partial charge in [-0.15, -0.1) is 0 Å². The molecule has 0 aromatic carbocycles. The highest BCUT2D eigenvalue weighted by atomic mass is 32.2. The maximum Gasteiger partial charge on any atom is 0.247 e. The number of morpholine rings is 1. The summed E-state index contributed by atoms with van der Waals surface area (Å²) in [5, 5.41) is 2.60. The summed E-state index contributed by atoms with van der Waals surface area (Å²) in [6, 6.07) is 1.45. The number of hydrogen-bond donors (Lipinski definition) is 2. The van der Waals surface area contributed by atoms with Crippen molar-refractivity contribution in [3.05, 3.63) is 28.7 Å². The molecule has 2 N–H and O–H groups in total. The number of carbonyl (C=O) groups excluding carboxylic acids is 1. The van der Waals surface area contributed by atoms with Gasteiger partial charge in [0.05, 0.1) is 18.1 Å². The highest BCUT2D eigenvalue weighted by molar-refractivity contribution is 7.89. The average Bonchev–Trinajstić information content (AvgIpc) is 2.48. The molecule has 1 aliphatic heterocycles. The van der Waals surface area contributed by atoms with Crippen molar-refractivity contribution in [2.24, 2.45) is 0 Å². The maximum absolute atomic E-state index is 12.6. The number of ether oxygens (including phenoxy) is 1. The van der Waals surface area contributed by atoms with E-state index in [-0.39, 0.29) is 24.7 Å². The van der Waals surface area contributed by atoms with E-state index in [1.807, 2.05) is 0 Å². The molecule has 0 bridgehead atoms. The Morgan fingerprint density at radius 2 is 2.29 bits per heavy atom. The highest BCUT2D eigenvalue weighted by Crippen LogP contribution is 2.19.